The molecule has 18 heavy (non-hydrogen) atoms. The van der Waals surface area contributed by atoms with E-state index in [1.807, 2.05) is 36.3 Å². The second-order valence-corrected chi connectivity index (χ2v) is 4.67. The maximum Gasteiger partial charge on any atom is 0.0681 e. The molecule has 96 valence electrons. The second-order valence-electron chi connectivity index (χ2n) is 4.67. The molecule has 0 spiro atoms. The molecule has 0 radical (unpaired) electrons. The average Bonchev–Trinajstić information content (AvgIpc) is 2.75. The molecular weight excluding hydrogens is 226 g/mol. The van der Waals surface area contributed by atoms with Crippen LogP contribution in [0, 0.1) is 0 Å². The van der Waals surface area contributed by atoms with Gasteiger partial charge >= 0.3 is 0 Å². The van der Waals surface area contributed by atoms with Gasteiger partial charge in [0, 0.05) is 31.9 Å². The quantitative estimate of drug-likeness (QED) is 0.869. The summed E-state index contributed by atoms with van der Waals surface area (Å²) in [6.45, 7) is 1.88. The lowest BCUT2D eigenvalue weighted by molar-refractivity contribution is 0.281. The largest absolute Gasteiger partial charge is 0.392 e. The van der Waals surface area contributed by atoms with Crippen molar-refractivity contribution in [3.05, 3.63) is 53.3 Å². The van der Waals surface area contributed by atoms with Crippen molar-refractivity contribution in [2.24, 2.45) is 7.05 Å². The third kappa shape index (κ3) is 3.42. The Bertz CT molecular complexity index is 490. The zero-order valence-electron chi connectivity index (χ0n) is 10.9. The van der Waals surface area contributed by atoms with Crippen LogP contribution in [0.25, 0.3) is 0 Å². The molecule has 0 bridgehead atoms. The summed E-state index contributed by atoms with van der Waals surface area (Å²) >= 11 is 0. The normalized spacial score (nSPS) is 11.1. The van der Waals surface area contributed by atoms with Gasteiger partial charge in [-0.2, -0.15) is 5.10 Å². The fourth-order valence-electron chi connectivity index (χ4n) is 1.98. The molecule has 4 heteroatoms. The van der Waals surface area contributed by atoms with Crippen LogP contribution >= 0.6 is 0 Å². The van der Waals surface area contributed by atoms with Crippen LogP contribution in [-0.2, 0) is 26.7 Å². The smallest absolute Gasteiger partial charge is 0.0681 e. The lowest BCUT2D eigenvalue weighted by Crippen LogP contribution is -2.16. The third-order valence-electron chi connectivity index (χ3n) is 2.87. The van der Waals surface area contributed by atoms with Gasteiger partial charge in [-0.05, 0) is 18.2 Å². The Kier molecular flexibility index (Phi) is 4.12. The summed E-state index contributed by atoms with van der Waals surface area (Å²) in [5.41, 5.74) is 3.42. The number of hydrogen-bond acceptors (Lipinski definition) is 3. The number of aromatic nitrogens is 2. The Hall–Kier alpha value is -1.65. The van der Waals surface area contributed by atoms with Crippen LogP contribution in [0.2, 0.25) is 0 Å². The van der Waals surface area contributed by atoms with Crippen molar-refractivity contribution in [2.75, 3.05) is 7.05 Å². The van der Waals surface area contributed by atoms with Crippen molar-refractivity contribution >= 4 is 0 Å². The molecule has 4 nitrogen and oxygen atoms in total. The van der Waals surface area contributed by atoms with Crippen LogP contribution in [0.4, 0.5) is 0 Å². The summed E-state index contributed by atoms with van der Waals surface area (Å²) in [7, 11) is 4.02. The average molecular weight is 245 g/mol. The van der Waals surface area contributed by atoms with Gasteiger partial charge in [-0.15, -0.1) is 0 Å². The molecule has 0 amide bonds. The molecule has 1 N–H and O–H groups in total. The zero-order chi connectivity index (χ0) is 13.0. The number of nitrogens with zero attached hydrogens (tertiary/aromatic N) is 3. The van der Waals surface area contributed by atoms with E-state index in [0.717, 1.165) is 18.7 Å². The summed E-state index contributed by atoms with van der Waals surface area (Å²) < 4.78 is 1.82. The maximum atomic E-state index is 8.99. The van der Waals surface area contributed by atoms with Crippen LogP contribution in [-0.4, -0.2) is 26.8 Å². The van der Waals surface area contributed by atoms with Crippen molar-refractivity contribution in [1.29, 1.82) is 0 Å². The second kappa shape index (κ2) is 5.80. The summed E-state index contributed by atoms with van der Waals surface area (Å²) in [6, 6.07) is 8.05. The standard InChI is InChI=1S/C14H19N3O/c1-16(9-14-7-15-17(2)10-14)8-12-3-5-13(11-18)6-4-12/h3-7,10,18H,8-9,11H2,1-2H3. The fraction of sp³-hybridized carbons (Fsp3) is 0.357. The van der Waals surface area contributed by atoms with Crippen LogP contribution in [0.15, 0.2) is 36.7 Å². The van der Waals surface area contributed by atoms with E-state index in [9.17, 15) is 0 Å². The van der Waals surface area contributed by atoms with E-state index in [1.165, 1.54) is 11.1 Å². The van der Waals surface area contributed by atoms with Crippen molar-refractivity contribution in [2.45, 2.75) is 19.7 Å². The van der Waals surface area contributed by atoms with Gasteiger partial charge in [0.05, 0.1) is 12.8 Å². The van der Waals surface area contributed by atoms with Crippen molar-refractivity contribution < 1.29 is 5.11 Å². The molecule has 0 aliphatic heterocycles. The van der Waals surface area contributed by atoms with Gasteiger partial charge in [0.25, 0.3) is 0 Å². The van der Waals surface area contributed by atoms with E-state index in [-0.39, 0.29) is 6.61 Å². The highest BCUT2D eigenvalue weighted by molar-refractivity contribution is 5.22. The SMILES string of the molecule is CN(Cc1ccc(CO)cc1)Cc1cnn(C)c1. The Balaban J connectivity index is 1.91. The number of aliphatic hydroxyl groups excluding tert-OH is 1. The zero-order valence-corrected chi connectivity index (χ0v) is 10.9. The van der Waals surface area contributed by atoms with Gasteiger partial charge in [0.1, 0.15) is 0 Å². The number of aryl methyl sites for hydroxylation is 1. The van der Waals surface area contributed by atoms with Crippen LogP contribution in [0.3, 0.4) is 0 Å². The summed E-state index contributed by atoms with van der Waals surface area (Å²) in [6.07, 6.45) is 3.93. The molecule has 0 aliphatic rings. The Morgan fingerprint density at radius 1 is 1.11 bits per heavy atom. The van der Waals surface area contributed by atoms with Gasteiger partial charge in [-0.3, -0.25) is 9.58 Å². The first kappa shape index (κ1) is 12.8. The minimum Gasteiger partial charge on any atom is -0.392 e. The van der Waals surface area contributed by atoms with E-state index in [4.69, 9.17) is 5.11 Å². The molecule has 2 aromatic rings. The van der Waals surface area contributed by atoms with Gasteiger partial charge in [-0.1, -0.05) is 24.3 Å². The van der Waals surface area contributed by atoms with Crippen molar-refractivity contribution in [3.63, 3.8) is 0 Å². The molecule has 0 saturated carbocycles. The molecule has 0 unspecified atom stereocenters. The van der Waals surface area contributed by atoms with E-state index < -0.39 is 0 Å². The number of aliphatic hydroxyl groups is 1. The van der Waals surface area contributed by atoms with Crippen molar-refractivity contribution in [3.8, 4) is 0 Å². The maximum absolute atomic E-state index is 8.99. The summed E-state index contributed by atoms with van der Waals surface area (Å²) in [5.74, 6) is 0. The van der Waals surface area contributed by atoms with E-state index in [2.05, 4.69) is 29.2 Å². The van der Waals surface area contributed by atoms with Crippen LogP contribution in [0.5, 0.6) is 0 Å². The molecule has 0 fully saturated rings. The fourth-order valence-corrected chi connectivity index (χ4v) is 1.98. The first-order valence-electron chi connectivity index (χ1n) is 6.02. The predicted octanol–water partition coefficient (Wildman–Crippen LogP) is 1.54. The summed E-state index contributed by atoms with van der Waals surface area (Å²) in [5, 5.41) is 13.1. The Labute approximate surface area is 107 Å². The predicted molar refractivity (Wildman–Crippen MR) is 70.7 cm³/mol. The van der Waals surface area contributed by atoms with Crippen LogP contribution in [0.1, 0.15) is 16.7 Å². The third-order valence-corrected chi connectivity index (χ3v) is 2.87. The Morgan fingerprint density at radius 3 is 2.28 bits per heavy atom. The van der Waals surface area contributed by atoms with Gasteiger partial charge in [0.15, 0.2) is 0 Å². The molecule has 2 rings (SSSR count). The van der Waals surface area contributed by atoms with Gasteiger partial charge in [0.2, 0.25) is 0 Å². The molecule has 0 saturated heterocycles. The minimum atomic E-state index is 0.103. The number of benzene rings is 1. The highest BCUT2D eigenvalue weighted by atomic mass is 16.3. The summed E-state index contributed by atoms with van der Waals surface area (Å²) in [4.78, 5) is 2.24. The van der Waals surface area contributed by atoms with E-state index in [1.54, 1.807) is 0 Å². The highest BCUT2D eigenvalue weighted by Gasteiger charge is 2.03. The minimum absolute atomic E-state index is 0.103. The molecular formula is C14H19N3O. The molecule has 1 aromatic carbocycles. The molecule has 1 heterocycles. The number of rotatable bonds is 5. The first-order chi connectivity index (χ1) is 8.67. The Morgan fingerprint density at radius 2 is 1.72 bits per heavy atom. The van der Waals surface area contributed by atoms with E-state index >= 15 is 0 Å². The monoisotopic (exact) mass is 245 g/mol. The van der Waals surface area contributed by atoms with Crippen molar-refractivity contribution in [1.82, 2.24) is 14.7 Å². The lowest BCUT2D eigenvalue weighted by atomic mass is 10.1. The number of hydrogen-bond donors (Lipinski definition) is 1. The highest BCUT2D eigenvalue weighted by Crippen LogP contribution is 2.09. The topological polar surface area (TPSA) is 41.3 Å². The van der Waals surface area contributed by atoms with Gasteiger partial charge in [-0.25, -0.2) is 0 Å². The molecule has 0 atom stereocenters. The lowest BCUT2D eigenvalue weighted by Gasteiger charge is -2.15. The van der Waals surface area contributed by atoms with E-state index in [0.29, 0.717) is 0 Å². The first-order valence-corrected chi connectivity index (χ1v) is 6.02. The van der Waals surface area contributed by atoms with Crippen LogP contribution < -0.4 is 0 Å². The van der Waals surface area contributed by atoms with Gasteiger partial charge < -0.3 is 5.11 Å². The molecule has 0 aliphatic carbocycles. The molecule has 1 aromatic heterocycles.